The van der Waals surface area contributed by atoms with Crippen molar-refractivity contribution in [2.75, 3.05) is 38.4 Å². The molecule has 0 aliphatic heterocycles. The molecule has 0 spiro atoms. The molecule has 1 N–H and O–H groups in total. The van der Waals surface area contributed by atoms with E-state index in [1.54, 1.807) is 13.0 Å². The number of carbonyl (C=O) groups excluding carboxylic acids is 2. The van der Waals surface area contributed by atoms with Gasteiger partial charge in [-0.1, -0.05) is 19.1 Å². The molecule has 2 rings (SSSR count). The SMILES string of the molecule is CC[C@H](C(=O)NC)N(Cc1ccc(F)cc1)C(=O)CN(c1ccc(OC)cc1OC)S(C)(=O)=O. The highest BCUT2D eigenvalue weighted by Gasteiger charge is 2.32. The molecule has 9 nitrogen and oxygen atoms in total. The van der Waals surface area contributed by atoms with Gasteiger partial charge in [0.15, 0.2) is 0 Å². The third-order valence-corrected chi connectivity index (χ3v) is 6.36. The van der Waals surface area contributed by atoms with E-state index in [9.17, 15) is 22.4 Å². The number of benzene rings is 2. The first-order chi connectivity index (χ1) is 16.0. The molecular formula is C23H30FN3O6S. The number of nitrogens with one attached hydrogen (secondary N) is 1. The second-order valence-electron chi connectivity index (χ2n) is 7.49. The van der Waals surface area contributed by atoms with E-state index in [2.05, 4.69) is 5.32 Å². The molecule has 2 amide bonds. The van der Waals surface area contributed by atoms with Gasteiger partial charge in [-0.3, -0.25) is 13.9 Å². The molecular weight excluding hydrogens is 465 g/mol. The van der Waals surface area contributed by atoms with Gasteiger partial charge in [0.2, 0.25) is 21.8 Å². The number of nitrogens with zero attached hydrogens (tertiary/aromatic N) is 2. The number of hydrogen-bond acceptors (Lipinski definition) is 6. The smallest absolute Gasteiger partial charge is 0.244 e. The number of halogens is 1. The Balaban J connectivity index is 2.48. The number of rotatable bonds is 11. The standard InChI is InChI=1S/C23H30FN3O6S/c1-6-19(23(29)25-2)26(14-16-7-9-17(24)10-8-16)22(28)15-27(34(5,30)31)20-12-11-18(32-3)13-21(20)33-4/h7-13,19H,6,14-15H2,1-5H3,(H,25,29)/t19-/m1/s1. The number of likely N-dealkylation sites (N-methyl/N-ethyl adjacent to an activating group) is 1. The second-order valence-corrected chi connectivity index (χ2v) is 9.40. The van der Waals surface area contributed by atoms with Crippen molar-refractivity contribution in [3.8, 4) is 11.5 Å². The lowest BCUT2D eigenvalue weighted by Gasteiger charge is -2.32. The van der Waals surface area contributed by atoms with E-state index < -0.39 is 40.2 Å². The predicted molar refractivity (Wildman–Crippen MR) is 127 cm³/mol. The first-order valence-corrected chi connectivity index (χ1v) is 12.4. The maximum Gasteiger partial charge on any atom is 0.244 e. The van der Waals surface area contributed by atoms with Crippen LogP contribution in [0.25, 0.3) is 0 Å². The van der Waals surface area contributed by atoms with Gasteiger partial charge in [-0.05, 0) is 36.2 Å². The summed E-state index contributed by atoms with van der Waals surface area (Å²) in [6.07, 6.45) is 1.27. The van der Waals surface area contributed by atoms with E-state index in [1.807, 2.05) is 0 Å². The van der Waals surface area contributed by atoms with Crippen LogP contribution in [0.15, 0.2) is 42.5 Å². The molecule has 2 aromatic carbocycles. The maximum absolute atomic E-state index is 13.5. The van der Waals surface area contributed by atoms with Crippen molar-refractivity contribution >= 4 is 27.5 Å². The van der Waals surface area contributed by atoms with E-state index in [4.69, 9.17) is 9.47 Å². The second kappa shape index (κ2) is 11.7. The van der Waals surface area contributed by atoms with Gasteiger partial charge in [-0.15, -0.1) is 0 Å². The topological polar surface area (TPSA) is 105 Å². The predicted octanol–water partition coefficient (Wildman–Crippen LogP) is 2.16. The molecule has 0 heterocycles. The molecule has 0 bridgehead atoms. The first-order valence-electron chi connectivity index (χ1n) is 10.5. The van der Waals surface area contributed by atoms with Crippen molar-refractivity contribution in [3.05, 3.63) is 53.8 Å². The summed E-state index contributed by atoms with van der Waals surface area (Å²) >= 11 is 0. The van der Waals surface area contributed by atoms with E-state index in [1.165, 1.54) is 62.6 Å². The number of sulfonamides is 1. The molecule has 2 aromatic rings. The monoisotopic (exact) mass is 495 g/mol. The third-order valence-electron chi connectivity index (χ3n) is 5.23. The summed E-state index contributed by atoms with van der Waals surface area (Å²) in [5, 5.41) is 2.53. The number of carbonyl (C=O) groups is 2. The summed E-state index contributed by atoms with van der Waals surface area (Å²) in [7, 11) is 0.371. The van der Waals surface area contributed by atoms with Gasteiger partial charge < -0.3 is 19.7 Å². The molecule has 11 heteroatoms. The Kier molecular flexibility index (Phi) is 9.25. The molecule has 0 unspecified atom stereocenters. The molecule has 0 saturated carbocycles. The summed E-state index contributed by atoms with van der Waals surface area (Å²) in [5.74, 6) is -0.797. The van der Waals surface area contributed by atoms with Crippen LogP contribution in [0.5, 0.6) is 11.5 Å². The minimum atomic E-state index is -3.92. The Hall–Kier alpha value is -3.34. The number of methoxy groups -OCH3 is 2. The van der Waals surface area contributed by atoms with Crippen LogP contribution in [0.4, 0.5) is 10.1 Å². The lowest BCUT2D eigenvalue weighted by Crippen LogP contribution is -2.51. The van der Waals surface area contributed by atoms with Crippen molar-refractivity contribution in [1.29, 1.82) is 0 Å². The van der Waals surface area contributed by atoms with Crippen LogP contribution in [0.1, 0.15) is 18.9 Å². The van der Waals surface area contributed by atoms with Crippen molar-refractivity contribution in [3.63, 3.8) is 0 Å². The molecule has 1 atom stereocenters. The third kappa shape index (κ3) is 6.60. The van der Waals surface area contributed by atoms with Crippen LogP contribution < -0.4 is 19.1 Å². The van der Waals surface area contributed by atoms with Crippen molar-refractivity contribution < 1.29 is 31.9 Å². The fourth-order valence-corrected chi connectivity index (χ4v) is 4.31. The fraction of sp³-hybridized carbons (Fsp3) is 0.391. The molecule has 0 aliphatic carbocycles. The van der Waals surface area contributed by atoms with Crippen molar-refractivity contribution in [2.45, 2.75) is 25.9 Å². The van der Waals surface area contributed by atoms with Gasteiger partial charge >= 0.3 is 0 Å². The van der Waals surface area contributed by atoms with Crippen molar-refractivity contribution in [1.82, 2.24) is 10.2 Å². The van der Waals surface area contributed by atoms with Crippen LogP contribution in [0, 0.1) is 5.82 Å². The minimum absolute atomic E-state index is 0.0115. The minimum Gasteiger partial charge on any atom is -0.497 e. The maximum atomic E-state index is 13.5. The number of ether oxygens (including phenoxy) is 2. The van der Waals surface area contributed by atoms with Gasteiger partial charge in [-0.25, -0.2) is 12.8 Å². The van der Waals surface area contributed by atoms with Crippen LogP contribution in [-0.4, -0.2) is 65.2 Å². The average molecular weight is 496 g/mol. The van der Waals surface area contributed by atoms with Gasteiger partial charge in [-0.2, -0.15) is 0 Å². The highest BCUT2D eigenvalue weighted by Crippen LogP contribution is 2.33. The van der Waals surface area contributed by atoms with E-state index in [0.717, 1.165) is 10.6 Å². The van der Waals surface area contributed by atoms with E-state index in [0.29, 0.717) is 11.3 Å². The molecule has 0 aromatic heterocycles. The highest BCUT2D eigenvalue weighted by atomic mass is 32.2. The van der Waals surface area contributed by atoms with Gasteiger partial charge in [0, 0.05) is 19.7 Å². The summed E-state index contributed by atoms with van der Waals surface area (Å²) in [4.78, 5) is 27.3. The zero-order valence-corrected chi connectivity index (χ0v) is 20.7. The number of hydrogen-bond donors (Lipinski definition) is 1. The Bertz CT molecular complexity index is 1110. The quantitative estimate of drug-likeness (QED) is 0.512. The normalized spacial score (nSPS) is 11.9. The summed E-state index contributed by atoms with van der Waals surface area (Å²) in [6, 6.07) is 9.20. The zero-order valence-electron chi connectivity index (χ0n) is 19.9. The van der Waals surface area contributed by atoms with Gasteiger partial charge in [0.05, 0.1) is 26.2 Å². The summed E-state index contributed by atoms with van der Waals surface area (Å²) in [5.41, 5.74) is 0.735. The largest absolute Gasteiger partial charge is 0.497 e. The lowest BCUT2D eigenvalue weighted by atomic mass is 10.1. The Morgan fingerprint density at radius 1 is 1.09 bits per heavy atom. The van der Waals surface area contributed by atoms with Gasteiger partial charge in [0.1, 0.15) is 29.9 Å². The van der Waals surface area contributed by atoms with Gasteiger partial charge in [0.25, 0.3) is 0 Å². The Morgan fingerprint density at radius 2 is 1.74 bits per heavy atom. The van der Waals surface area contributed by atoms with Crippen LogP contribution in [-0.2, 0) is 26.2 Å². The van der Waals surface area contributed by atoms with Crippen LogP contribution in [0.2, 0.25) is 0 Å². The Labute approximate surface area is 199 Å². The molecule has 0 saturated heterocycles. The van der Waals surface area contributed by atoms with Crippen LogP contribution in [0.3, 0.4) is 0 Å². The first kappa shape index (κ1) is 26.9. The summed E-state index contributed by atoms with van der Waals surface area (Å²) in [6.45, 7) is 1.16. The number of amides is 2. The lowest BCUT2D eigenvalue weighted by molar-refractivity contribution is -0.140. The molecule has 0 aliphatic rings. The molecule has 0 fully saturated rings. The zero-order chi connectivity index (χ0) is 25.5. The Morgan fingerprint density at radius 3 is 2.24 bits per heavy atom. The van der Waals surface area contributed by atoms with Crippen molar-refractivity contribution in [2.24, 2.45) is 0 Å². The van der Waals surface area contributed by atoms with E-state index >= 15 is 0 Å². The summed E-state index contributed by atoms with van der Waals surface area (Å²) < 4.78 is 50.1. The molecule has 186 valence electrons. The van der Waals surface area contributed by atoms with Crippen LogP contribution >= 0.6 is 0 Å². The fourth-order valence-electron chi connectivity index (χ4n) is 3.46. The molecule has 34 heavy (non-hydrogen) atoms. The average Bonchev–Trinajstić information content (AvgIpc) is 2.82. The molecule has 0 radical (unpaired) electrons. The van der Waals surface area contributed by atoms with E-state index in [-0.39, 0.29) is 24.4 Å². The highest BCUT2D eigenvalue weighted by molar-refractivity contribution is 7.92. The number of anilines is 1.